The Bertz CT molecular complexity index is 955. The molecular weight excluding hydrogens is 382 g/mol. The molecule has 0 saturated heterocycles. The lowest BCUT2D eigenvalue weighted by Crippen LogP contribution is -2.35. The molecule has 0 unspecified atom stereocenters. The predicted octanol–water partition coefficient (Wildman–Crippen LogP) is 3.11. The molecule has 0 aliphatic carbocycles. The van der Waals surface area contributed by atoms with Crippen LogP contribution in [0.3, 0.4) is 0 Å². The number of hydrogen-bond acceptors (Lipinski definition) is 7. The van der Waals surface area contributed by atoms with Gasteiger partial charge in [-0.3, -0.25) is 9.71 Å². The van der Waals surface area contributed by atoms with Crippen LogP contribution in [-0.2, 0) is 32.6 Å². The maximum Gasteiger partial charge on any atom is 0.528 e. The van der Waals surface area contributed by atoms with Gasteiger partial charge in [0.25, 0.3) is 10.0 Å². The second-order valence-corrected chi connectivity index (χ2v) is 9.13. The van der Waals surface area contributed by atoms with Gasteiger partial charge in [0.15, 0.2) is 0 Å². The summed E-state index contributed by atoms with van der Waals surface area (Å²) in [6, 6.07) is 8.36. The van der Waals surface area contributed by atoms with Crippen molar-refractivity contribution in [1.29, 1.82) is 0 Å². The van der Waals surface area contributed by atoms with Gasteiger partial charge in [-0.15, -0.1) is 5.06 Å². The minimum atomic E-state index is -3.69. The van der Waals surface area contributed by atoms with E-state index in [1.807, 2.05) is 6.07 Å². The van der Waals surface area contributed by atoms with Crippen molar-refractivity contribution in [2.24, 2.45) is 0 Å². The number of rotatable bonds is 4. The summed E-state index contributed by atoms with van der Waals surface area (Å²) in [5.41, 5.74) is 1.81. The molecule has 0 fully saturated rings. The highest BCUT2D eigenvalue weighted by molar-refractivity contribution is 7.92. The van der Waals surface area contributed by atoms with Gasteiger partial charge in [-0.05, 0) is 62.6 Å². The van der Waals surface area contributed by atoms with Crippen LogP contribution in [0.25, 0.3) is 0 Å². The van der Waals surface area contributed by atoms with Crippen LogP contribution in [0.15, 0.2) is 47.6 Å². The molecule has 1 aliphatic heterocycles. The maximum atomic E-state index is 12.4. The zero-order chi connectivity index (χ0) is 20.4. The summed E-state index contributed by atoms with van der Waals surface area (Å²) >= 11 is 0. The third kappa shape index (κ3) is 5.20. The molecule has 0 atom stereocenters. The van der Waals surface area contributed by atoms with E-state index in [9.17, 15) is 13.2 Å². The van der Waals surface area contributed by atoms with Crippen molar-refractivity contribution in [1.82, 2.24) is 10.0 Å². The highest BCUT2D eigenvalue weighted by atomic mass is 32.2. The van der Waals surface area contributed by atoms with Crippen molar-refractivity contribution in [2.75, 3.05) is 11.3 Å². The van der Waals surface area contributed by atoms with E-state index in [1.54, 1.807) is 39.0 Å². The zero-order valence-electron chi connectivity index (χ0n) is 16.0. The first-order valence-corrected chi connectivity index (χ1v) is 10.3. The summed E-state index contributed by atoms with van der Waals surface area (Å²) < 4.78 is 32.6. The van der Waals surface area contributed by atoms with Crippen LogP contribution < -0.4 is 4.72 Å². The Balaban J connectivity index is 1.66. The van der Waals surface area contributed by atoms with Crippen LogP contribution >= 0.6 is 0 Å². The van der Waals surface area contributed by atoms with E-state index in [-0.39, 0.29) is 4.90 Å². The number of fused-ring (bicyclic) bond motifs is 1. The molecule has 1 aromatic carbocycles. The molecule has 0 saturated carbocycles. The Morgan fingerprint density at radius 1 is 1.21 bits per heavy atom. The second kappa shape index (κ2) is 7.76. The van der Waals surface area contributed by atoms with Crippen LogP contribution in [0.2, 0.25) is 0 Å². The van der Waals surface area contributed by atoms with E-state index in [2.05, 4.69) is 9.71 Å². The standard InChI is InChI=1S/C19H23N3O5S/c1-19(2,3)26-18(23)27-22-10-8-14-11-16(7-6-15(14)13-22)21-28(24,25)17-5-4-9-20-12-17/h4-7,9,11-12,21H,8,10,13H2,1-3H3. The maximum absolute atomic E-state index is 12.4. The van der Waals surface area contributed by atoms with Gasteiger partial charge >= 0.3 is 6.16 Å². The van der Waals surface area contributed by atoms with E-state index in [0.717, 1.165) is 11.1 Å². The summed E-state index contributed by atoms with van der Waals surface area (Å²) in [5.74, 6) is 0. The smallest absolute Gasteiger partial charge is 0.427 e. The van der Waals surface area contributed by atoms with Crippen molar-refractivity contribution < 1.29 is 22.8 Å². The summed E-state index contributed by atoms with van der Waals surface area (Å²) in [4.78, 5) is 21.0. The quantitative estimate of drug-likeness (QED) is 0.781. The fourth-order valence-corrected chi connectivity index (χ4v) is 3.78. The number of hydroxylamine groups is 2. The fraction of sp³-hybridized carbons (Fsp3) is 0.368. The Morgan fingerprint density at radius 2 is 2.00 bits per heavy atom. The lowest BCUT2D eigenvalue weighted by Gasteiger charge is -2.28. The molecule has 0 spiro atoms. The first kappa shape index (κ1) is 20.1. The molecule has 1 N–H and O–H groups in total. The summed E-state index contributed by atoms with van der Waals surface area (Å²) in [6.07, 6.45) is 2.69. The summed E-state index contributed by atoms with van der Waals surface area (Å²) in [5, 5.41) is 1.54. The van der Waals surface area contributed by atoms with Crippen molar-refractivity contribution in [2.45, 2.75) is 44.2 Å². The molecular formula is C19H23N3O5S. The summed E-state index contributed by atoms with van der Waals surface area (Å²) in [7, 11) is -3.69. The molecule has 0 amide bonds. The first-order valence-electron chi connectivity index (χ1n) is 8.83. The number of sulfonamides is 1. The number of benzene rings is 1. The first-order chi connectivity index (χ1) is 13.1. The number of hydrogen-bond donors (Lipinski definition) is 1. The average Bonchev–Trinajstić information content (AvgIpc) is 2.60. The van der Waals surface area contributed by atoms with E-state index in [1.165, 1.54) is 23.5 Å². The number of anilines is 1. The molecule has 1 aliphatic rings. The van der Waals surface area contributed by atoms with E-state index >= 15 is 0 Å². The fourth-order valence-electron chi connectivity index (χ4n) is 2.76. The van der Waals surface area contributed by atoms with Crippen LogP contribution in [0.5, 0.6) is 0 Å². The van der Waals surface area contributed by atoms with Crippen LogP contribution in [0.1, 0.15) is 31.9 Å². The topological polar surface area (TPSA) is 97.8 Å². The van der Waals surface area contributed by atoms with Gasteiger partial charge in [-0.2, -0.15) is 0 Å². The molecule has 28 heavy (non-hydrogen) atoms. The Morgan fingerprint density at radius 3 is 2.68 bits per heavy atom. The van der Waals surface area contributed by atoms with Gasteiger partial charge in [-0.1, -0.05) is 6.07 Å². The van der Waals surface area contributed by atoms with Crippen LogP contribution in [0, 0.1) is 0 Å². The Hall–Kier alpha value is -2.65. The predicted molar refractivity (Wildman–Crippen MR) is 103 cm³/mol. The van der Waals surface area contributed by atoms with Gasteiger partial charge in [0, 0.05) is 24.6 Å². The highest BCUT2D eigenvalue weighted by Gasteiger charge is 2.24. The Labute approximate surface area is 164 Å². The average molecular weight is 405 g/mol. The van der Waals surface area contributed by atoms with Gasteiger partial charge in [0.2, 0.25) is 0 Å². The monoisotopic (exact) mass is 405 g/mol. The number of nitrogens with one attached hydrogen (secondary N) is 1. The lowest BCUT2D eigenvalue weighted by molar-refractivity contribution is -0.151. The van der Waals surface area contributed by atoms with Crippen LogP contribution in [0.4, 0.5) is 10.5 Å². The van der Waals surface area contributed by atoms with Crippen molar-refractivity contribution in [3.63, 3.8) is 0 Å². The third-order valence-electron chi connectivity index (χ3n) is 3.97. The van der Waals surface area contributed by atoms with Gasteiger partial charge < -0.3 is 9.57 Å². The van der Waals surface area contributed by atoms with Gasteiger partial charge in [0.05, 0.1) is 6.54 Å². The molecule has 0 bridgehead atoms. The van der Waals surface area contributed by atoms with Crippen molar-refractivity contribution in [3.05, 3.63) is 53.9 Å². The number of ether oxygens (including phenoxy) is 1. The highest BCUT2D eigenvalue weighted by Crippen LogP contribution is 2.25. The van der Waals surface area contributed by atoms with Gasteiger partial charge in [0.1, 0.15) is 10.5 Å². The molecule has 150 valence electrons. The van der Waals surface area contributed by atoms with Crippen molar-refractivity contribution in [3.8, 4) is 0 Å². The van der Waals surface area contributed by atoms with Crippen LogP contribution in [-0.4, -0.2) is 36.8 Å². The number of carbonyl (C=O) groups excluding carboxylic acids is 1. The lowest BCUT2D eigenvalue weighted by atomic mass is 10.0. The SMILES string of the molecule is CC(C)(C)OC(=O)ON1CCc2cc(NS(=O)(=O)c3cccnc3)ccc2C1. The third-order valence-corrected chi connectivity index (χ3v) is 5.34. The number of carbonyl (C=O) groups is 1. The largest absolute Gasteiger partial charge is 0.528 e. The van der Waals surface area contributed by atoms with E-state index in [4.69, 9.17) is 9.57 Å². The van der Waals surface area contributed by atoms with E-state index in [0.29, 0.717) is 25.2 Å². The molecule has 3 rings (SSSR count). The number of pyridine rings is 1. The van der Waals surface area contributed by atoms with Gasteiger partial charge in [-0.25, -0.2) is 13.2 Å². The second-order valence-electron chi connectivity index (χ2n) is 7.45. The molecule has 2 heterocycles. The van der Waals surface area contributed by atoms with Crippen molar-refractivity contribution >= 4 is 21.9 Å². The Kier molecular flexibility index (Phi) is 5.57. The normalized spacial score (nSPS) is 14.8. The molecule has 2 aromatic rings. The number of nitrogens with zero attached hydrogens (tertiary/aromatic N) is 2. The number of aromatic nitrogens is 1. The van der Waals surface area contributed by atoms with E-state index < -0.39 is 21.8 Å². The minimum absolute atomic E-state index is 0.102. The summed E-state index contributed by atoms with van der Waals surface area (Å²) in [6.45, 7) is 6.21. The molecule has 9 heteroatoms. The molecule has 8 nitrogen and oxygen atoms in total. The minimum Gasteiger partial charge on any atom is -0.427 e. The molecule has 0 radical (unpaired) electrons. The zero-order valence-corrected chi connectivity index (χ0v) is 16.8. The molecule has 1 aromatic heterocycles.